The van der Waals surface area contributed by atoms with Gasteiger partial charge in [-0.1, -0.05) is 0 Å². The fourth-order valence-corrected chi connectivity index (χ4v) is 3.53. The van der Waals surface area contributed by atoms with Gasteiger partial charge in [0.1, 0.15) is 5.82 Å². The molecular formula is C13H19FN2O3S. The summed E-state index contributed by atoms with van der Waals surface area (Å²) < 4.78 is 39.1. The van der Waals surface area contributed by atoms with Crippen LogP contribution in [-0.4, -0.2) is 38.8 Å². The van der Waals surface area contributed by atoms with Gasteiger partial charge in [0.05, 0.1) is 11.4 Å². The lowest BCUT2D eigenvalue weighted by Crippen LogP contribution is -2.38. The Morgan fingerprint density at radius 1 is 1.30 bits per heavy atom. The van der Waals surface area contributed by atoms with E-state index in [1.165, 1.54) is 33.0 Å². The summed E-state index contributed by atoms with van der Waals surface area (Å²) in [5, 5.41) is 2.53. The lowest BCUT2D eigenvalue weighted by atomic mass is 10.1. The molecule has 1 aromatic carbocycles. The van der Waals surface area contributed by atoms with Crippen LogP contribution in [0.4, 0.5) is 4.39 Å². The quantitative estimate of drug-likeness (QED) is 0.889. The van der Waals surface area contributed by atoms with E-state index in [1.54, 1.807) is 6.92 Å². The van der Waals surface area contributed by atoms with Gasteiger partial charge in [0, 0.05) is 13.6 Å². The van der Waals surface area contributed by atoms with Gasteiger partial charge in [-0.05, 0) is 44.0 Å². The number of carbonyl (C=O) groups is 1. The number of nitrogens with one attached hydrogen (secondary N) is 1. The van der Waals surface area contributed by atoms with E-state index in [-0.39, 0.29) is 17.3 Å². The van der Waals surface area contributed by atoms with E-state index in [2.05, 4.69) is 5.32 Å². The van der Waals surface area contributed by atoms with E-state index in [1.807, 2.05) is 0 Å². The topological polar surface area (TPSA) is 66.5 Å². The molecule has 1 N–H and O–H groups in total. The molecule has 1 amide bonds. The van der Waals surface area contributed by atoms with Crippen molar-refractivity contribution in [2.45, 2.75) is 25.7 Å². The number of likely N-dealkylation sites (N-methyl/N-ethyl adjacent to an activating group) is 2. The first-order valence-corrected chi connectivity index (χ1v) is 7.64. The third-order valence-corrected chi connectivity index (χ3v) is 4.94. The van der Waals surface area contributed by atoms with Gasteiger partial charge >= 0.3 is 0 Å². The molecule has 0 bridgehead atoms. The molecule has 0 fully saturated rings. The number of carbonyl (C=O) groups excluding carboxylic acids is 1. The maximum Gasteiger partial charge on any atom is 0.243 e. The van der Waals surface area contributed by atoms with Crippen LogP contribution in [0.5, 0.6) is 0 Å². The number of hydrogen-bond donors (Lipinski definition) is 1. The molecule has 1 aromatic rings. The van der Waals surface area contributed by atoms with Crippen LogP contribution in [0, 0.1) is 19.7 Å². The van der Waals surface area contributed by atoms with Crippen LogP contribution < -0.4 is 5.32 Å². The zero-order valence-corrected chi connectivity index (χ0v) is 12.8. The smallest absolute Gasteiger partial charge is 0.243 e. The summed E-state index contributed by atoms with van der Waals surface area (Å²) in [6.45, 7) is 4.97. The molecule has 1 rings (SSSR count). The highest BCUT2D eigenvalue weighted by Crippen LogP contribution is 2.24. The molecule has 0 aromatic heterocycles. The highest BCUT2D eigenvalue weighted by atomic mass is 32.2. The molecule has 0 saturated carbocycles. The van der Waals surface area contributed by atoms with E-state index >= 15 is 0 Å². The van der Waals surface area contributed by atoms with Gasteiger partial charge in [-0.25, -0.2) is 12.8 Å². The van der Waals surface area contributed by atoms with Crippen LogP contribution in [0.3, 0.4) is 0 Å². The normalized spacial score (nSPS) is 11.7. The fraction of sp³-hybridized carbons (Fsp3) is 0.462. The van der Waals surface area contributed by atoms with E-state index in [9.17, 15) is 17.6 Å². The third kappa shape index (κ3) is 3.55. The van der Waals surface area contributed by atoms with Crippen LogP contribution in [-0.2, 0) is 14.8 Å². The molecule has 0 radical (unpaired) electrons. The van der Waals surface area contributed by atoms with Crippen molar-refractivity contribution in [1.29, 1.82) is 0 Å². The van der Waals surface area contributed by atoms with Crippen molar-refractivity contribution >= 4 is 15.9 Å². The van der Waals surface area contributed by atoms with Crippen LogP contribution in [0.25, 0.3) is 0 Å². The number of sulfonamides is 1. The summed E-state index contributed by atoms with van der Waals surface area (Å²) in [5.74, 6) is -0.860. The maximum absolute atomic E-state index is 13.2. The minimum absolute atomic E-state index is 0.0469. The summed E-state index contributed by atoms with van der Waals surface area (Å²) in [6, 6.07) is 2.33. The Labute approximate surface area is 118 Å². The summed E-state index contributed by atoms with van der Waals surface area (Å²) in [6.07, 6.45) is 0. The number of halogens is 1. The molecule has 0 atom stereocenters. The first kappa shape index (κ1) is 16.6. The van der Waals surface area contributed by atoms with Gasteiger partial charge < -0.3 is 5.32 Å². The standard InChI is InChI=1S/C13H19FN2O3S/c1-5-15-12(17)8-16(4)20(18,19)13-9(2)6-11(14)7-10(13)3/h6-7H,5,8H2,1-4H3,(H,15,17). The number of rotatable bonds is 5. The molecule has 0 spiro atoms. The number of aryl methyl sites for hydroxylation is 2. The zero-order valence-electron chi connectivity index (χ0n) is 12.0. The SMILES string of the molecule is CCNC(=O)CN(C)S(=O)(=O)c1c(C)cc(F)cc1C. The van der Waals surface area contributed by atoms with Gasteiger partial charge in [-0.3, -0.25) is 4.79 Å². The van der Waals surface area contributed by atoms with Crippen LogP contribution in [0.15, 0.2) is 17.0 Å². The predicted molar refractivity (Wildman–Crippen MR) is 74.4 cm³/mol. The summed E-state index contributed by atoms with van der Waals surface area (Å²) in [7, 11) is -2.50. The minimum Gasteiger partial charge on any atom is -0.355 e. The molecule has 5 nitrogen and oxygen atoms in total. The van der Waals surface area contributed by atoms with Crippen molar-refractivity contribution in [2.24, 2.45) is 0 Å². The first-order valence-electron chi connectivity index (χ1n) is 6.20. The molecule has 112 valence electrons. The Balaban J connectivity index is 3.14. The van der Waals surface area contributed by atoms with Crippen molar-refractivity contribution in [3.05, 3.63) is 29.1 Å². The van der Waals surface area contributed by atoms with E-state index in [0.29, 0.717) is 17.7 Å². The Kier molecular flexibility index (Phi) is 5.24. The number of hydrogen-bond acceptors (Lipinski definition) is 3. The second-order valence-corrected chi connectivity index (χ2v) is 6.57. The number of amides is 1. The molecule has 0 unspecified atom stereocenters. The van der Waals surface area contributed by atoms with E-state index in [0.717, 1.165) is 4.31 Å². The molecule has 7 heteroatoms. The molecule has 0 saturated heterocycles. The third-order valence-electron chi connectivity index (χ3n) is 2.83. The maximum atomic E-state index is 13.2. The summed E-state index contributed by atoms with van der Waals surface area (Å²) in [4.78, 5) is 11.5. The van der Waals surface area contributed by atoms with Crippen LogP contribution in [0.2, 0.25) is 0 Å². The molecular weight excluding hydrogens is 283 g/mol. The lowest BCUT2D eigenvalue weighted by molar-refractivity contribution is -0.121. The largest absolute Gasteiger partial charge is 0.355 e. The lowest BCUT2D eigenvalue weighted by Gasteiger charge is -2.19. The minimum atomic E-state index is -3.82. The van der Waals surface area contributed by atoms with Crippen molar-refractivity contribution in [3.8, 4) is 0 Å². The summed E-state index contributed by atoms with van der Waals surface area (Å²) in [5.41, 5.74) is 0.649. The Bertz CT molecular complexity index is 591. The highest BCUT2D eigenvalue weighted by molar-refractivity contribution is 7.89. The zero-order chi connectivity index (χ0) is 15.5. The monoisotopic (exact) mass is 302 g/mol. The second-order valence-electron chi connectivity index (χ2n) is 4.58. The molecule has 0 aliphatic rings. The molecule has 0 aliphatic heterocycles. The van der Waals surface area contributed by atoms with E-state index in [4.69, 9.17) is 0 Å². The predicted octanol–water partition coefficient (Wildman–Crippen LogP) is 1.20. The van der Waals surface area contributed by atoms with Gasteiger partial charge in [-0.15, -0.1) is 0 Å². The van der Waals surface area contributed by atoms with Crippen molar-refractivity contribution < 1.29 is 17.6 Å². The number of benzene rings is 1. The van der Waals surface area contributed by atoms with Gasteiger partial charge in [-0.2, -0.15) is 4.31 Å². The van der Waals surface area contributed by atoms with Crippen molar-refractivity contribution in [1.82, 2.24) is 9.62 Å². The van der Waals surface area contributed by atoms with Crippen LogP contribution >= 0.6 is 0 Å². The van der Waals surface area contributed by atoms with Gasteiger partial charge in [0.25, 0.3) is 0 Å². The van der Waals surface area contributed by atoms with Crippen molar-refractivity contribution in [3.63, 3.8) is 0 Å². The molecule has 0 aliphatic carbocycles. The van der Waals surface area contributed by atoms with Gasteiger partial charge in [0.15, 0.2) is 0 Å². The average Bonchev–Trinajstić information content (AvgIpc) is 2.26. The molecule has 0 heterocycles. The van der Waals surface area contributed by atoms with E-state index < -0.39 is 15.8 Å². The average molecular weight is 302 g/mol. The molecule has 20 heavy (non-hydrogen) atoms. The Morgan fingerprint density at radius 3 is 2.25 bits per heavy atom. The second kappa shape index (κ2) is 6.32. The van der Waals surface area contributed by atoms with Crippen LogP contribution in [0.1, 0.15) is 18.1 Å². The van der Waals surface area contributed by atoms with Crippen molar-refractivity contribution in [2.75, 3.05) is 20.1 Å². The Hall–Kier alpha value is -1.47. The Morgan fingerprint density at radius 2 is 1.80 bits per heavy atom. The van der Waals surface area contributed by atoms with Gasteiger partial charge in [0.2, 0.25) is 15.9 Å². The summed E-state index contributed by atoms with van der Waals surface area (Å²) >= 11 is 0. The fourth-order valence-electron chi connectivity index (χ4n) is 2.00. The number of nitrogens with zero attached hydrogens (tertiary/aromatic N) is 1. The highest BCUT2D eigenvalue weighted by Gasteiger charge is 2.26. The first-order chi connectivity index (χ1) is 9.20.